The summed E-state index contributed by atoms with van der Waals surface area (Å²) in [6.07, 6.45) is 0. The summed E-state index contributed by atoms with van der Waals surface area (Å²) in [5.41, 5.74) is -0.0325. The Hall–Kier alpha value is -1.43. The van der Waals surface area contributed by atoms with Crippen molar-refractivity contribution in [3.8, 4) is 11.8 Å². The molecule has 0 N–H and O–H groups in total. The molecule has 0 unspecified atom stereocenters. The molecule has 1 aromatic carbocycles. The van der Waals surface area contributed by atoms with Crippen LogP contribution in [0.1, 0.15) is 22.8 Å². The first kappa shape index (κ1) is 14.6. The highest BCUT2D eigenvalue weighted by Crippen LogP contribution is 2.27. The Morgan fingerprint density at radius 3 is 2.72 bits per heavy atom. The van der Waals surface area contributed by atoms with Gasteiger partial charge in [-0.2, -0.15) is 14.0 Å². The molecule has 0 heterocycles. The number of carbonyl (C=O) groups is 1. The summed E-state index contributed by atoms with van der Waals surface area (Å²) in [7, 11) is 0. The lowest BCUT2D eigenvalue weighted by molar-refractivity contribution is -0.0505. The first-order valence-corrected chi connectivity index (χ1v) is 5.93. The van der Waals surface area contributed by atoms with Gasteiger partial charge in [-0.15, -0.1) is 0 Å². The van der Waals surface area contributed by atoms with E-state index < -0.39 is 12.6 Å². The van der Waals surface area contributed by atoms with Gasteiger partial charge in [-0.05, 0) is 41.6 Å². The summed E-state index contributed by atoms with van der Waals surface area (Å²) in [6, 6.07) is 4.19. The van der Waals surface area contributed by atoms with Crippen molar-refractivity contribution in [3.63, 3.8) is 0 Å². The zero-order valence-electron chi connectivity index (χ0n) is 9.25. The maximum atomic E-state index is 12.2. The minimum atomic E-state index is -3.00. The van der Waals surface area contributed by atoms with Crippen LogP contribution in [0, 0.1) is 14.9 Å². The fraction of sp³-hybridized carbons (Fsp3) is 0.273. The number of alkyl halides is 2. The Kier molecular flexibility index (Phi) is 5.27. The van der Waals surface area contributed by atoms with E-state index in [2.05, 4.69) is 4.74 Å². The molecular formula is C11H8F2INO3. The highest BCUT2D eigenvalue weighted by Gasteiger charge is 2.18. The van der Waals surface area contributed by atoms with E-state index in [1.54, 1.807) is 29.5 Å². The largest absolute Gasteiger partial charge is 0.462 e. The van der Waals surface area contributed by atoms with Gasteiger partial charge in [0.15, 0.2) is 0 Å². The first-order valence-electron chi connectivity index (χ1n) is 4.85. The second kappa shape index (κ2) is 6.49. The molecule has 1 aromatic rings. The minimum absolute atomic E-state index is 0.0551. The van der Waals surface area contributed by atoms with Crippen molar-refractivity contribution in [2.24, 2.45) is 0 Å². The third kappa shape index (κ3) is 3.53. The van der Waals surface area contributed by atoms with E-state index in [0.29, 0.717) is 3.57 Å². The quantitative estimate of drug-likeness (QED) is 0.607. The predicted octanol–water partition coefficient (Wildman–Crippen LogP) is 2.94. The molecule has 0 aliphatic heterocycles. The lowest BCUT2D eigenvalue weighted by Gasteiger charge is -2.10. The SMILES string of the molecule is CCOC(=O)c1cc(OC(F)F)c(I)cc1C#N. The van der Waals surface area contributed by atoms with E-state index >= 15 is 0 Å². The molecule has 0 aliphatic carbocycles. The minimum Gasteiger partial charge on any atom is -0.462 e. The average Bonchev–Trinajstić information content (AvgIpc) is 2.30. The fourth-order valence-corrected chi connectivity index (χ4v) is 1.80. The molecular weight excluding hydrogens is 359 g/mol. The van der Waals surface area contributed by atoms with Crippen molar-refractivity contribution in [2.45, 2.75) is 13.5 Å². The Labute approximate surface area is 116 Å². The molecule has 0 aromatic heterocycles. The summed E-state index contributed by atoms with van der Waals surface area (Å²) in [5.74, 6) is -0.905. The maximum absolute atomic E-state index is 12.2. The van der Waals surface area contributed by atoms with Gasteiger partial charge >= 0.3 is 12.6 Å². The van der Waals surface area contributed by atoms with E-state index in [0.717, 1.165) is 6.07 Å². The number of halogens is 3. The van der Waals surface area contributed by atoms with Crippen LogP contribution in [0.15, 0.2) is 12.1 Å². The van der Waals surface area contributed by atoms with E-state index in [1.807, 2.05) is 6.07 Å². The summed E-state index contributed by atoms with van der Waals surface area (Å²) in [6.45, 7) is -1.27. The van der Waals surface area contributed by atoms with Crippen molar-refractivity contribution in [1.29, 1.82) is 5.26 Å². The van der Waals surface area contributed by atoms with Crippen molar-refractivity contribution in [1.82, 2.24) is 0 Å². The Morgan fingerprint density at radius 2 is 2.22 bits per heavy atom. The molecule has 0 radical (unpaired) electrons. The van der Waals surface area contributed by atoms with Crippen LogP contribution in [0.4, 0.5) is 8.78 Å². The van der Waals surface area contributed by atoms with Crippen molar-refractivity contribution in [3.05, 3.63) is 26.8 Å². The monoisotopic (exact) mass is 367 g/mol. The van der Waals surface area contributed by atoms with Gasteiger partial charge in [0.2, 0.25) is 0 Å². The normalized spacial score (nSPS) is 10.0. The zero-order chi connectivity index (χ0) is 13.7. The van der Waals surface area contributed by atoms with Gasteiger partial charge in [0.25, 0.3) is 0 Å². The average molecular weight is 367 g/mol. The highest BCUT2D eigenvalue weighted by atomic mass is 127. The van der Waals surface area contributed by atoms with Gasteiger partial charge in [-0.1, -0.05) is 0 Å². The van der Waals surface area contributed by atoms with Crippen LogP contribution in [0.25, 0.3) is 0 Å². The number of hydrogen-bond acceptors (Lipinski definition) is 4. The topological polar surface area (TPSA) is 59.3 Å². The number of nitriles is 1. The van der Waals surface area contributed by atoms with Gasteiger partial charge in [0.05, 0.1) is 21.3 Å². The third-order valence-corrected chi connectivity index (χ3v) is 2.75. The molecule has 0 aliphatic rings. The molecule has 0 atom stereocenters. The number of benzene rings is 1. The van der Waals surface area contributed by atoms with Crippen LogP contribution in [0.2, 0.25) is 0 Å². The Bertz CT molecular complexity index is 500. The Morgan fingerprint density at radius 1 is 1.56 bits per heavy atom. The van der Waals surface area contributed by atoms with Gasteiger partial charge in [0, 0.05) is 0 Å². The zero-order valence-corrected chi connectivity index (χ0v) is 11.4. The summed E-state index contributed by atoms with van der Waals surface area (Å²) in [4.78, 5) is 11.6. The molecule has 0 bridgehead atoms. The van der Waals surface area contributed by atoms with Crippen LogP contribution >= 0.6 is 22.6 Å². The van der Waals surface area contributed by atoms with Crippen molar-refractivity contribution in [2.75, 3.05) is 6.61 Å². The van der Waals surface area contributed by atoms with Gasteiger partial charge < -0.3 is 9.47 Å². The van der Waals surface area contributed by atoms with E-state index in [1.165, 1.54) is 6.07 Å². The lowest BCUT2D eigenvalue weighted by atomic mass is 10.1. The molecule has 0 saturated heterocycles. The molecule has 0 amide bonds. The standard InChI is InChI=1S/C11H8F2INO3/c1-2-17-10(16)7-4-9(18-11(12)13)8(14)3-6(7)5-15/h3-4,11H,2H2,1H3. The van der Waals surface area contributed by atoms with E-state index in [-0.39, 0.29) is 23.5 Å². The highest BCUT2D eigenvalue weighted by molar-refractivity contribution is 14.1. The second-order valence-electron chi connectivity index (χ2n) is 3.04. The lowest BCUT2D eigenvalue weighted by Crippen LogP contribution is -2.10. The summed E-state index contributed by atoms with van der Waals surface area (Å²) in [5, 5.41) is 8.88. The maximum Gasteiger partial charge on any atom is 0.387 e. The van der Waals surface area contributed by atoms with Crippen LogP contribution < -0.4 is 4.74 Å². The first-order chi connectivity index (χ1) is 8.49. The number of carbonyl (C=O) groups excluding carboxylic acids is 1. The van der Waals surface area contributed by atoms with E-state index in [9.17, 15) is 13.6 Å². The van der Waals surface area contributed by atoms with Gasteiger partial charge in [-0.25, -0.2) is 4.79 Å². The van der Waals surface area contributed by atoms with E-state index in [4.69, 9.17) is 10.00 Å². The molecule has 0 spiro atoms. The molecule has 1 rings (SSSR count). The smallest absolute Gasteiger partial charge is 0.387 e. The number of ether oxygens (including phenoxy) is 2. The van der Waals surface area contributed by atoms with Crippen LogP contribution in [-0.4, -0.2) is 19.2 Å². The fourth-order valence-electron chi connectivity index (χ4n) is 1.21. The predicted molar refractivity (Wildman–Crippen MR) is 66.5 cm³/mol. The van der Waals surface area contributed by atoms with Crippen LogP contribution in [0.5, 0.6) is 5.75 Å². The van der Waals surface area contributed by atoms with Crippen LogP contribution in [0.3, 0.4) is 0 Å². The van der Waals surface area contributed by atoms with Crippen LogP contribution in [-0.2, 0) is 4.74 Å². The molecule has 0 saturated carbocycles. The Balaban J connectivity index is 3.22. The number of rotatable bonds is 4. The number of esters is 1. The second-order valence-corrected chi connectivity index (χ2v) is 4.20. The van der Waals surface area contributed by atoms with Gasteiger partial charge in [0.1, 0.15) is 11.8 Å². The molecule has 18 heavy (non-hydrogen) atoms. The molecule has 7 heteroatoms. The van der Waals surface area contributed by atoms with Crippen molar-refractivity contribution >= 4 is 28.6 Å². The summed E-state index contributed by atoms with van der Waals surface area (Å²) >= 11 is 1.74. The van der Waals surface area contributed by atoms with Gasteiger partial charge in [-0.3, -0.25) is 0 Å². The van der Waals surface area contributed by atoms with Crippen molar-refractivity contribution < 1.29 is 23.0 Å². The molecule has 96 valence electrons. The third-order valence-electron chi connectivity index (χ3n) is 1.90. The summed E-state index contributed by atoms with van der Waals surface area (Å²) < 4.78 is 33.6. The number of hydrogen-bond donors (Lipinski definition) is 0. The molecule has 4 nitrogen and oxygen atoms in total. The number of nitrogens with zero attached hydrogens (tertiary/aromatic N) is 1. The molecule has 0 fully saturated rings.